The molecule has 6 heteroatoms. The summed E-state index contributed by atoms with van der Waals surface area (Å²) in [5, 5.41) is 7.37. The fourth-order valence-electron chi connectivity index (χ4n) is 2.35. The number of thiazole rings is 1. The summed E-state index contributed by atoms with van der Waals surface area (Å²) in [5.41, 5.74) is 2.96. The van der Waals surface area contributed by atoms with E-state index < -0.39 is 0 Å². The molecule has 0 spiro atoms. The number of hydrogen-bond donors (Lipinski definition) is 1. The van der Waals surface area contributed by atoms with Gasteiger partial charge < -0.3 is 9.84 Å². The Hall–Kier alpha value is -2.05. The Morgan fingerprint density at radius 1 is 1.24 bits per heavy atom. The largest absolute Gasteiger partial charge is 0.339 e. The smallest absolute Gasteiger partial charge is 0.231 e. The van der Waals surface area contributed by atoms with Crippen molar-refractivity contribution in [2.75, 3.05) is 7.05 Å². The highest BCUT2D eigenvalue weighted by molar-refractivity contribution is 7.13. The Bertz CT molecular complexity index is 681. The molecule has 0 aliphatic heterocycles. The van der Waals surface area contributed by atoms with Crippen LogP contribution in [0.2, 0.25) is 0 Å². The molecule has 21 heavy (non-hydrogen) atoms. The predicted molar refractivity (Wildman–Crippen MR) is 82.1 cm³/mol. The van der Waals surface area contributed by atoms with Gasteiger partial charge in [0.2, 0.25) is 11.7 Å². The average molecular weight is 300 g/mol. The summed E-state index contributed by atoms with van der Waals surface area (Å²) in [6.45, 7) is 2.08. The topological polar surface area (TPSA) is 63.8 Å². The molecule has 2 unspecified atom stereocenters. The highest BCUT2D eigenvalue weighted by Crippen LogP contribution is 2.30. The monoisotopic (exact) mass is 300 g/mol. The van der Waals surface area contributed by atoms with Crippen LogP contribution in [-0.4, -0.2) is 22.2 Å². The van der Waals surface area contributed by atoms with Gasteiger partial charge in [0.05, 0.1) is 16.3 Å². The first-order valence-electron chi connectivity index (χ1n) is 6.74. The van der Waals surface area contributed by atoms with E-state index >= 15 is 0 Å². The molecule has 0 fully saturated rings. The molecule has 108 valence electrons. The van der Waals surface area contributed by atoms with E-state index in [0.29, 0.717) is 11.7 Å². The lowest BCUT2D eigenvalue weighted by molar-refractivity contribution is 0.332. The number of benzene rings is 1. The lowest BCUT2D eigenvalue weighted by Gasteiger charge is -2.21. The van der Waals surface area contributed by atoms with Crippen LogP contribution in [0.3, 0.4) is 0 Å². The normalized spacial score (nSPS) is 14.0. The van der Waals surface area contributed by atoms with Crippen LogP contribution in [0.15, 0.2) is 46.6 Å². The van der Waals surface area contributed by atoms with Crippen LogP contribution < -0.4 is 5.32 Å². The van der Waals surface area contributed by atoms with Crippen LogP contribution >= 0.6 is 11.3 Å². The molecule has 1 N–H and O–H groups in total. The molecule has 2 aromatic heterocycles. The van der Waals surface area contributed by atoms with Crippen molar-refractivity contribution in [3.8, 4) is 10.7 Å². The quantitative estimate of drug-likeness (QED) is 0.783. The van der Waals surface area contributed by atoms with E-state index in [1.54, 1.807) is 11.7 Å². The van der Waals surface area contributed by atoms with Gasteiger partial charge in [-0.15, -0.1) is 11.3 Å². The van der Waals surface area contributed by atoms with Gasteiger partial charge in [0.25, 0.3) is 0 Å². The summed E-state index contributed by atoms with van der Waals surface area (Å²) >= 11 is 1.50. The van der Waals surface area contributed by atoms with Crippen molar-refractivity contribution in [2.45, 2.75) is 18.9 Å². The molecule has 2 atom stereocenters. The van der Waals surface area contributed by atoms with Crippen LogP contribution in [0.25, 0.3) is 10.7 Å². The van der Waals surface area contributed by atoms with Gasteiger partial charge in [-0.1, -0.05) is 42.4 Å². The Morgan fingerprint density at radius 3 is 2.71 bits per heavy atom. The highest BCUT2D eigenvalue weighted by Gasteiger charge is 2.24. The Balaban J connectivity index is 1.86. The van der Waals surface area contributed by atoms with E-state index in [9.17, 15) is 0 Å². The van der Waals surface area contributed by atoms with Crippen molar-refractivity contribution in [3.63, 3.8) is 0 Å². The van der Waals surface area contributed by atoms with Crippen molar-refractivity contribution in [1.29, 1.82) is 0 Å². The molecular weight excluding hydrogens is 284 g/mol. The van der Waals surface area contributed by atoms with Crippen molar-refractivity contribution >= 4 is 11.3 Å². The van der Waals surface area contributed by atoms with Crippen LogP contribution in [0.4, 0.5) is 0 Å². The zero-order valence-electron chi connectivity index (χ0n) is 11.9. The number of hydrogen-bond acceptors (Lipinski definition) is 6. The van der Waals surface area contributed by atoms with Gasteiger partial charge in [-0.25, -0.2) is 0 Å². The van der Waals surface area contributed by atoms with E-state index in [4.69, 9.17) is 4.52 Å². The van der Waals surface area contributed by atoms with Crippen molar-refractivity contribution in [1.82, 2.24) is 20.4 Å². The number of rotatable bonds is 5. The molecule has 0 amide bonds. The molecule has 3 aromatic rings. The molecular formula is C15H16N4OS. The number of nitrogens with one attached hydrogen (secondary N) is 1. The summed E-state index contributed by atoms with van der Waals surface area (Å²) in [5.74, 6) is 1.30. The van der Waals surface area contributed by atoms with Crippen LogP contribution in [0.5, 0.6) is 0 Å². The minimum absolute atomic E-state index is 0.0755. The second-order valence-electron chi connectivity index (χ2n) is 4.79. The molecule has 1 aromatic carbocycles. The third-order valence-corrected chi connectivity index (χ3v) is 4.22. The standard InChI is InChI=1S/C15H16N4OS/c1-10(13(16-2)11-6-4-3-5-7-11)15-18-14(19-20-15)12-8-17-9-21-12/h3-10,13,16H,1-2H3. The summed E-state index contributed by atoms with van der Waals surface area (Å²) in [4.78, 5) is 9.45. The SMILES string of the molecule is CNC(c1ccccc1)C(C)c1nc(-c2cncs2)no1. The summed E-state index contributed by atoms with van der Waals surface area (Å²) in [6, 6.07) is 10.4. The van der Waals surface area contributed by atoms with E-state index in [1.165, 1.54) is 16.9 Å². The van der Waals surface area contributed by atoms with Gasteiger partial charge in [0.1, 0.15) is 0 Å². The zero-order valence-corrected chi connectivity index (χ0v) is 12.7. The van der Waals surface area contributed by atoms with E-state index in [0.717, 1.165) is 4.88 Å². The van der Waals surface area contributed by atoms with Gasteiger partial charge >= 0.3 is 0 Å². The number of nitrogens with zero attached hydrogens (tertiary/aromatic N) is 3. The van der Waals surface area contributed by atoms with Gasteiger partial charge in [-0.2, -0.15) is 4.98 Å². The van der Waals surface area contributed by atoms with Gasteiger partial charge in [-0.3, -0.25) is 4.98 Å². The van der Waals surface area contributed by atoms with Gasteiger partial charge in [0, 0.05) is 12.2 Å². The minimum atomic E-state index is 0.0755. The lowest BCUT2D eigenvalue weighted by Crippen LogP contribution is -2.22. The Kier molecular flexibility index (Phi) is 4.08. The summed E-state index contributed by atoms with van der Waals surface area (Å²) in [6.07, 6.45) is 1.75. The number of likely N-dealkylation sites (N-methyl/N-ethyl adjacent to an activating group) is 1. The zero-order chi connectivity index (χ0) is 14.7. The summed E-state index contributed by atoms with van der Waals surface area (Å²) < 4.78 is 5.43. The van der Waals surface area contributed by atoms with Crippen molar-refractivity contribution < 1.29 is 4.52 Å². The molecule has 2 heterocycles. The Labute approximate surface area is 127 Å². The first kappa shape index (κ1) is 13.9. The maximum Gasteiger partial charge on any atom is 0.231 e. The van der Waals surface area contributed by atoms with Gasteiger partial charge in [0.15, 0.2) is 0 Å². The van der Waals surface area contributed by atoms with E-state index in [1.807, 2.05) is 25.2 Å². The van der Waals surface area contributed by atoms with E-state index in [2.05, 4.69) is 39.5 Å². The highest BCUT2D eigenvalue weighted by atomic mass is 32.1. The van der Waals surface area contributed by atoms with Crippen molar-refractivity contribution in [2.24, 2.45) is 0 Å². The Morgan fingerprint density at radius 2 is 2.05 bits per heavy atom. The van der Waals surface area contributed by atoms with E-state index in [-0.39, 0.29) is 12.0 Å². The van der Waals surface area contributed by atoms with Crippen LogP contribution in [0, 0.1) is 0 Å². The van der Waals surface area contributed by atoms with Gasteiger partial charge in [-0.05, 0) is 12.6 Å². The average Bonchev–Trinajstić information content (AvgIpc) is 3.20. The third kappa shape index (κ3) is 2.86. The first-order chi connectivity index (χ1) is 10.3. The predicted octanol–water partition coefficient (Wildman–Crippen LogP) is 3.26. The molecule has 0 aliphatic carbocycles. The molecule has 3 rings (SSSR count). The molecule has 0 aliphatic rings. The molecule has 0 saturated carbocycles. The lowest BCUT2D eigenvalue weighted by atomic mass is 9.94. The molecule has 0 bridgehead atoms. The van der Waals surface area contributed by atoms with Crippen molar-refractivity contribution in [3.05, 3.63) is 53.5 Å². The fourth-order valence-corrected chi connectivity index (χ4v) is 2.90. The molecule has 0 saturated heterocycles. The first-order valence-corrected chi connectivity index (χ1v) is 7.62. The summed E-state index contributed by atoms with van der Waals surface area (Å²) in [7, 11) is 1.94. The van der Waals surface area contributed by atoms with Crippen LogP contribution in [0.1, 0.15) is 30.3 Å². The minimum Gasteiger partial charge on any atom is -0.339 e. The molecule has 5 nitrogen and oxygen atoms in total. The van der Waals surface area contributed by atoms with Crippen LogP contribution in [-0.2, 0) is 0 Å². The maximum atomic E-state index is 5.43. The second-order valence-corrected chi connectivity index (χ2v) is 5.67. The third-order valence-electron chi connectivity index (χ3n) is 3.45. The maximum absolute atomic E-state index is 5.43. The fraction of sp³-hybridized carbons (Fsp3) is 0.267. The number of aromatic nitrogens is 3. The second kappa shape index (κ2) is 6.15. The molecule has 0 radical (unpaired) electrons.